The highest BCUT2D eigenvalue weighted by Crippen LogP contribution is 2.18. The number of ether oxygens (including phenoxy) is 1. The fraction of sp³-hybridized carbons (Fsp3) is 0.667. The Morgan fingerprint density at radius 3 is 2.67 bits per heavy atom. The van der Waals surface area contributed by atoms with Crippen molar-refractivity contribution in [2.24, 2.45) is 0 Å². The number of rotatable bonds is 8. The van der Waals surface area contributed by atoms with Gasteiger partial charge in [-0.1, -0.05) is 0 Å². The minimum absolute atomic E-state index is 0.226. The van der Waals surface area contributed by atoms with Crippen molar-refractivity contribution in [3.8, 4) is 0 Å². The Balaban J connectivity index is 1.66. The molecule has 1 fully saturated rings. The smallest absolute Gasteiger partial charge is 0.261 e. The molecule has 0 radical (unpaired) electrons. The van der Waals surface area contributed by atoms with Crippen molar-refractivity contribution in [3.63, 3.8) is 0 Å². The molecule has 2 rings (SSSR count). The van der Waals surface area contributed by atoms with Crippen LogP contribution >= 0.6 is 0 Å². The molecule has 0 aliphatic heterocycles. The molecule has 1 aliphatic rings. The van der Waals surface area contributed by atoms with E-state index in [0.29, 0.717) is 18.3 Å². The Kier molecular flexibility index (Phi) is 4.95. The molecule has 0 bridgehead atoms. The normalized spacial score (nSPS) is 15.3. The quantitative estimate of drug-likeness (QED) is 0.718. The molecule has 6 heteroatoms. The number of halogens is 2. The Labute approximate surface area is 105 Å². The van der Waals surface area contributed by atoms with Crippen LogP contribution in [0.2, 0.25) is 0 Å². The van der Waals surface area contributed by atoms with Crippen LogP contribution in [0.1, 0.15) is 24.2 Å². The summed E-state index contributed by atoms with van der Waals surface area (Å²) < 4.78 is 28.4. The number of nitrogens with zero attached hydrogens (tertiary/aromatic N) is 2. The first-order valence-electron chi connectivity index (χ1n) is 6.13. The second-order valence-electron chi connectivity index (χ2n) is 4.38. The van der Waals surface area contributed by atoms with Gasteiger partial charge in [0, 0.05) is 37.0 Å². The van der Waals surface area contributed by atoms with Gasteiger partial charge in [-0.15, -0.1) is 0 Å². The topological polar surface area (TPSA) is 47.0 Å². The molecule has 100 valence electrons. The van der Waals surface area contributed by atoms with Crippen molar-refractivity contribution < 1.29 is 13.5 Å². The first-order chi connectivity index (χ1) is 8.74. The van der Waals surface area contributed by atoms with E-state index in [1.165, 1.54) is 12.8 Å². The van der Waals surface area contributed by atoms with Crippen molar-refractivity contribution >= 4 is 0 Å². The SMILES string of the molecule is FC(F)COCCc1ncc(CNC2CC2)cn1. The van der Waals surface area contributed by atoms with E-state index in [1.54, 1.807) is 12.4 Å². The summed E-state index contributed by atoms with van der Waals surface area (Å²) in [5.41, 5.74) is 1.04. The summed E-state index contributed by atoms with van der Waals surface area (Å²) in [5.74, 6) is 0.624. The van der Waals surface area contributed by atoms with Crippen molar-refractivity contribution in [2.75, 3.05) is 13.2 Å². The molecule has 0 spiro atoms. The van der Waals surface area contributed by atoms with Gasteiger partial charge in [0.1, 0.15) is 12.4 Å². The summed E-state index contributed by atoms with van der Waals surface area (Å²) in [6.07, 6.45) is 4.08. The van der Waals surface area contributed by atoms with Crippen molar-refractivity contribution in [1.29, 1.82) is 0 Å². The first kappa shape index (κ1) is 13.3. The third-order valence-corrected chi connectivity index (χ3v) is 2.64. The number of nitrogens with one attached hydrogen (secondary N) is 1. The summed E-state index contributed by atoms with van der Waals surface area (Å²) in [6, 6.07) is 0.660. The lowest BCUT2D eigenvalue weighted by Crippen LogP contribution is -2.16. The van der Waals surface area contributed by atoms with Crippen LogP contribution in [-0.4, -0.2) is 35.6 Å². The summed E-state index contributed by atoms with van der Waals surface area (Å²) >= 11 is 0. The molecule has 18 heavy (non-hydrogen) atoms. The average Bonchev–Trinajstić information content (AvgIpc) is 3.17. The Bertz CT molecular complexity index is 355. The van der Waals surface area contributed by atoms with Gasteiger partial charge >= 0.3 is 0 Å². The van der Waals surface area contributed by atoms with Crippen molar-refractivity contribution in [1.82, 2.24) is 15.3 Å². The maximum absolute atomic E-state index is 11.8. The van der Waals surface area contributed by atoms with Gasteiger partial charge in [0.05, 0.1) is 6.61 Å². The molecular formula is C12H17F2N3O. The second kappa shape index (κ2) is 6.70. The third kappa shape index (κ3) is 5.01. The van der Waals surface area contributed by atoms with E-state index in [1.807, 2.05) is 0 Å². The third-order valence-electron chi connectivity index (χ3n) is 2.64. The van der Waals surface area contributed by atoms with E-state index in [0.717, 1.165) is 12.1 Å². The van der Waals surface area contributed by atoms with E-state index in [4.69, 9.17) is 4.74 Å². The zero-order valence-electron chi connectivity index (χ0n) is 10.1. The lowest BCUT2D eigenvalue weighted by Gasteiger charge is -2.04. The van der Waals surface area contributed by atoms with Crippen molar-refractivity contribution in [3.05, 3.63) is 23.8 Å². The molecule has 1 heterocycles. The molecule has 1 saturated carbocycles. The Morgan fingerprint density at radius 2 is 2.06 bits per heavy atom. The van der Waals surface area contributed by atoms with Crippen LogP contribution in [-0.2, 0) is 17.7 Å². The molecule has 1 aromatic rings. The summed E-state index contributed by atoms with van der Waals surface area (Å²) in [4.78, 5) is 8.35. The highest BCUT2D eigenvalue weighted by Gasteiger charge is 2.19. The largest absolute Gasteiger partial charge is 0.375 e. The summed E-state index contributed by atoms with van der Waals surface area (Å²) in [6.45, 7) is 0.486. The van der Waals surface area contributed by atoms with Gasteiger partial charge in [-0.05, 0) is 12.8 Å². The zero-order valence-corrected chi connectivity index (χ0v) is 10.1. The monoisotopic (exact) mass is 257 g/mol. The average molecular weight is 257 g/mol. The number of aromatic nitrogens is 2. The van der Waals surface area contributed by atoms with Crippen molar-refractivity contribution in [2.45, 2.75) is 38.3 Å². The van der Waals surface area contributed by atoms with Crippen LogP contribution < -0.4 is 5.32 Å². The maximum atomic E-state index is 11.8. The molecule has 0 atom stereocenters. The van der Waals surface area contributed by atoms with Gasteiger partial charge < -0.3 is 10.1 Å². The van der Waals surface area contributed by atoms with E-state index in [9.17, 15) is 8.78 Å². The molecule has 4 nitrogen and oxygen atoms in total. The molecule has 0 saturated heterocycles. The van der Waals surface area contributed by atoms with Crippen LogP contribution in [0.5, 0.6) is 0 Å². The van der Waals surface area contributed by atoms with Crippen LogP contribution in [0.25, 0.3) is 0 Å². The molecular weight excluding hydrogens is 240 g/mol. The van der Waals surface area contributed by atoms with Gasteiger partial charge in [-0.2, -0.15) is 0 Å². The van der Waals surface area contributed by atoms with Crippen LogP contribution in [0.4, 0.5) is 8.78 Å². The van der Waals surface area contributed by atoms with Crippen LogP contribution in [0.15, 0.2) is 12.4 Å². The molecule has 0 unspecified atom stereocenters. The van der Waals surface area contributed by atoms with E-state index in [2.05, 4.69) is 15.3 Å². The van der Waals surface area contributed by atoms with Gasteiger partial charge in [0.15, 0.2) is 0 Å². The predicted molar refractivity (Wildman–Crippen MR) is 62.4 cm³/mol. The standard InChI is InChI=1S/C12H17F2N3O/c13-11(14)8-18-4-3-12-16-6-9(7-17-12)5-15-10-1-2-10/h6-7,10-11,15H,1-5,8H2. The predicted octanol–water partition coefficient (Wildman–Crippen LogP) is 1.55. The summed E-state index contributed by atoms with van der Waals surface area (Å²) in [7, 11) is 0. The van der Waals surface area contributed by atoms with E-state index >= 15 is 0 Å². The van der Waals surface area contributed by atoms with E-state index < -0.39 is 13.0 Å². The summed E-state index contributed by atoms with van der Waals surface area (Å²) in [5, 5.41) is 3.37. The van der Waals surface area contributed by atoms with Gasteiger partial charge in [-0.25, -0.2) is 18.7 Å². The minimum Gasteiger partial charge on any atom is -0.375 e. The number of alkyl halides is 2. The van der Waals surface area contributed by atoms with Gasteiger partial charge in [-0.3, -0.25) is 0 Å². The fourth-order valence-corrected chi connectivity index (χ4v) is 1.49. The highest BCUT2D eigenvalue weighted by molar-refractivity contribution is 5.05. The molecule has 1 aliphatic carbocycles. The molecule has 1 aromatic heterocycles. The lowest BCUT2D eigenvalue weighted by atomic mass is 10.3. The number of hydrogen-bond donors (Lipinski definition) is 1. The zero-order chi connectivity index (χ0) is 12.8. The molecule has 0 amide bonds. The molecule has 1 N–H and O–H groups in total. The van der Waals surface area contributed by atoms with E-state index in [-0.39, 0.29) is 6.61 Å². The Morgan fingerprint density at radius 1 is 1.33 bits per heavy atom. The van der Waals surface area contributed by atoms with Crippen LogP contribution in [0.3, 0.4) is 0 Å². The first-order valence-corrected chi connectivity index (χ1v) is 6.13. The minimum atomic E-state index is -2.42. The maximum Gasteiger partial charge on any atom is 0.261 e. The Hall–Kier alpha value is -1.14. The van der Waals surface area contributed by atoms with Crippen LogP contribution in [0, 0.1) is 0 Å². The molecule has 0 aromatic carbocycles. The highest BCUT2D eigenvalue weighted by atomic mass is 19.3. The van der Waals surface area contributed by atoms with Gasteiger partial charge in [0.2, 0.25) is 0 Å². The fourth-order valence-electron chi connectivity index (χ4n) is 1.49. The lowest BCUT2D eigenvalue weighted by molar-refractivity contribution is 0.0183. The van der Waals surface area contributed by atoms with Gasteiger partial charge in [0.25, 0.3) is 6.43 Å². The second-order valence-corrected chi connectivity index (χ2v) is 4.38. The number of hydrogen-bond acceptors (Lipinski definition) is 4.